The second kappa shape index (κ2) is 13.0. The first kappa shape index (κ1) is 31.4. The van der Waals surface area contributed by atoms with E-state index in [2.05, 4.69) is 5.32 Å². The maximum Gasteiger partial charge on any atom is 0.328 e. The molecule has 0 bridgehead atoms. The Morgan fingerprint density at radius 3 is 2.24 bits per heavy atom. The van der Waals surface area contributed by atoms with Crippen LogP contribution in [0.1, 0.15) is 20.8 Å². The zero-order valence-electron chi connectivity index (χ0n) is 23.1. The lowest BCUT2D eigenvalue weighted by molar-refractivity contribution is -0.140. The highest BCUT2D eigenvalue weighted by atomic mass is 35.5. The van der Waals surface area contributed by atoms with Crippen LogP contribution in [0.2, 0.25) is 5.02 Å². The van der Waals surface area contributed by atoms with Gasteiger partial charge in [0.1, 0.15) is 11.8 Å². The van der Waals surface area contributed by atoms with E-state index in [1.165, 1.54) is 54.4 Å². The van der Waals surface area contributed by atoms with Crippen molar-refractivity contribution in [2.24, 2.45) is 5.41 Å². The van der Waals surface area contributed by atoms with Gasteiger partial charge >= 0.3 is 5.97 Å². The summed E-state index contributed by atoms with van der Waals surface area (Å²) in [5, 5.41) is 12.9. The largest absolute Gasteiger partial charge is 0.484 e. The van der Waals surface area contributed by atoms with Gasteiger partial charge in [-0.3, -0.25) is 13.9 Å². The van der Waals surface area contributed by atoms with Crippen molar-refractivity contribution in [3.63, 3.8) is 0 Å². The maximum absolute atomic E-state index is 14.0. The maximum atomic E-state index is 14.0. The number of nitrogens with one attached hydrogen (secondary N) is 1. The number of aliphatic carboxylic acids is 1. The van der Waals surface area contributed by atoms with Crippen LogP contribution in [0.15, 0.2) is 83.8 Å². The van der Waals surface area contributed by atoms with Gasteiger partial charge < -0.3 is 20.1 Å². The Morgan fingerprint density at radius 1 is 0.976 bits per heavy atom. The van der Waals surface area contributed by atoms with E-state index in [0.717, 1.165) is 4.31 Å². The van der Waals surface area contributed by atoms with Crippen LogP contribution in [0, 0.1) is 5.41 Å². The predicted octanol–water partition coefficient (Wildman–Crippen LogP) is 4.51. The monoisotopic (exact) mass is 601 g/mol. The van der Waals surface area contributed by atoms with Gasteiger partial charge in [-0.1, -0.05) is 62.7 Å². The van der Waals surface area contributed by atoms with E-state index < -0.39 is 39.3 Å². The Labute approximate surface area is 244 Å². The number of carbonyl (C=O) groups is 3. The summed E-state index contributed by atoms with van der Waals surface area (Å²) < 4.78 is 34.2. The van der Waals surface area contributed by atoms with E-state index in [0.29, 0.717) is 5.75 Å². The molecule has 0 aromatic heterocycles. The topological polar surface area (TPSA) is 133 Å². The van der Waals surface area contributed by atoms with E-state index in [-0.39, 0.29) is 34.4 Å². The van der Waals surface area contributed by atoms with Gasteiger partial charge in [-0.25, -0.2) is 13.2 Å². The van der Waals surface area contributed by atoms with Crippen LogP contribution in [-0.2, 0) is 24.4 Å². The minimum Gasteiger partial charge on any atom is -0.484 e. The number of para-hydroxylation sites is 1. The lowest BCUT2D eigenvalue weighted by Crippen LogP contribution is -2.52. The third-order valence-electron chi connectivity index (χ3n) is 5.94. The number of carboxylic acids is 1. The Hall–Kier alpha value is -4.09. The van der Waals surface area contributed by atoms with E-state index >= 15 is 0 Å². The van der Waals surface area contributed by atoms with Crippen LogP contribution >= 0.6 is 11.6 Å². The third-order valence-corrected chi connectivity index (χ3v) is 7.96. The molecule has 1 unspecified atom stereocenters. The summed E-state index contributed by atoms with van der Waals surface area (Å²) in [6.45, 7) is 4.29. The van der Waals surface area contributed by atoms with Crippen molar-refractivity contribution < 1.29 is 32.6 Å². The molecular weight excluding hydrogens is 570 g/mol. The summed E-state index contributed by atoms with van der Waals surface area (Å²) in [6.07, 6.45) is 0. The van der Waals surface area contributed by atoms with Crippen LogP contribution in [0.3, 0.4) is 0 Å². The fourth-order valence-corrected chi connectivity index (χ4v) is 6.00. The number of rotatable bonds is 11. The number of carbonyl (C=O) groups excluding carboxylic acids is 2. The molecule has 0 saturated heterocycles. The summed E-state index contributed by atoms with van der Waals surface area (Å²) in [7, 11) is -3.02. The van der Waals surface area contributed by atoms with Crippen LogP contribution in [-0.4, -0.2) is 62.4 Å². The van der Waals surface area contributed by atoms with Crippen molar-refractivity contribution in [1.82, 2.24) is 4.90 Å². The van der Waals surface area contributed by atoms with Crippen LogP contribution in [0.25, 0.3) is 0 Å². The highest BCUT2D eigenvalue weighted by Crippen LogP contribution is 2.35. The summed E-state index contributed by atoms with van der Waals surface area (Å²) in [5.41, 5.74) is -0.785. The van der Waals surface area contributed by atoms with Crippen LogP contribution in [0.4, 0.5) is 11.4 Å². The number of halogens is 1. The van der Waals surface area contributed by atoms with Crippen molar-refractivity contribution in [3.05, 3.63) is 83.9 Å². The molecule has 41 heavy (non-hydrogen) atoms. The van der Waals surface area contributed by atoms with Gasteiger partial charge in [-0.2, -0.15) is 0 Å². The molecule has 0 radical (unpaired) electrons. The number of nitrogens with zero attached hydrogens (tertiary/aromatic N) is 2. The molecule has 0 aliphatic carbocycles. The molecule has 0 aliphatic heterocycles. The van der Waals surface area contributed by atoms with Crippen LogP contribution < -0.4 is 14.4 Å². The molecule has 0 aliphatic rings. The molecule has 0 spiro atoms. The van der Waals surface area contributed by atoms with Gasteiger partial charge in [0.15, 0.2) is 6.61 Å². The Bertz CT molecular complexity index is 1510. The number of amides is 2. The summed E-state index contributed by atoms with van der Waals surface area (Å²) >= 11 is 6.13. The number of hydrogen-bond donors (Lipinski definition) is 2. The second-order valence-corrected chi connectivity index (χ2v) is 12.6. The second-order valence-electron chi connectivity index (χ2n) is 10.3. The lowest BCUT2D eigenvalue weighted by atomic mass is 9.86. The van der Waals surface area contributed by atoms with Crippen molar-refractivity contribution >= 4 is 50.8 Å². The first-order valence-electron chi connectivity index (χ1n) is 12.5. The molecule has 3 aromatic rings. The average Bonchev–Trinajstić information content (AvgIpc) is 2.89. The Morgan fingerprint density at radius 2 is 1.63 bits per heavy atom. The first-order valence-corrected chi connectivity index (χ1v) is 14.4. The van der Waals surface area contributed by atoms with Gasteiger partial charge in [0, 0.05) is 17.8 Å². The molecular formula is C29H32ClN3O7S. The van der Waals surface area contributed by atoms with Crippen molar-refractivity contribution in [2.75, 3.05) is 29.8 Å². The molecule has 12 heteroatoms. The number of sulfonamides is 1. The number of hydrogen-bond acceptors (Lipinski definition) is 6. The van der Waals surface area contributed by atoms with E-state index in [4.69, 9.17) is 16.3 Å². The Kier molecular flexibility index (Phi) is 10.0. The molecule has 2 N–H and O–H groups in total. The predicted molar refractivity (Wildman–Crippen MR) is 157 cm³/mol. The van der Waals surface area contributed by atoms with Gasteiger partial charge in [-0.15, -0.1) is 0 Å². The highest BCUT2D eigenvalue weighted by Gasteiger charge is 2.43. The average molecular weight is 602 g/mol. The van der Waals surface area contributed by atoms with Crippen LogP contribution in [0.5, 0.6) is 5.75 Å². The van der Waals surface area contributed by atoms with E-state index in [9.17, 15) is 27.9 Å². The van der Waals surface area contributed by atoms with Crippen molar-refractivity contribution in [1.29, 1.82) is 0 Å². The Balaban J connectivity index is 1.82. The molecule has 2 amide bonds. The first-order chi connectivity index (χ1) is 19.2. The quantitative estimate of drug-likeness (QED) is 0.330. The summed E-state index contributed by atoms with van der Waals surface area (Å²) in [5.74, 6) is -1.83. The number of carboxylic acid groups (broad SMARTS) is 1. The van der Waals surface area contributed by atoms with Gasteiger partial charge in [0.05, 0.1) is 17.1 Å². The van der Waals surface area contributed by atoms with Crippen molar-refractivity contribution in [2.45, 2.75) is 31.7 Å². The number of benzene rings is 3. The molecule has 0 heterocycles. The minimum absolute atomic E-state index is 0.0760. The molecule has 10 nitrogen and oxygen atoms in total. The molecule has 0 fully saturated rings. The fraction of sp³-hybridized carbons (Fsp3) is 0.276. The highest BCUT2D eigenvalue weighted by molar-refractivity contribution is 7.93. The standard InChI is InChI=1S/C29H32ClN3O7S/c1-29(2,3)27(28(36)37)33(22-12-8-10-20(30)16-22)41(38,39)24-15-9-11-21(17-24)31-25(34)18-32(4)26(35)19-40-23-13-6-5-7-14-23/h5-17,27H,18-19H2,1-4H3,(H,31,34)(H,36,37). The lowest BCUT2D eigenvalue weighted by Gasteiger charge is -2.37. The zero-order chi connectivity index (χ0) is 30.4. The smallest absolute Gasteiger partial charge is 0.328 e. The third kappa shape index (κ3) is 8.21. The molecule has 1 atom stereocenters. The fourth-order valence-electron chi connectivity index (χ4n) is 3.99. The molecule has 3 aromatic carbocycles. The minimum atomic E-state index is -4.47. The van der Waals surface area contributed by atoms with E-state index in [1.54, 1.807) is 51.1 Å². The summed E-state index contributed by atoms with van der Waals surface area (Å²) in [6, 6.07) is 18.6. The van der Waals surface area contributed by atoms with E-state index in [1.807, 2.05) is 6.07 Å². The number of ether oxygens (including phenoxy) is 1. The van der Waals surface area contributed by atoms with Gasteiger partial charge in [0.2, 0.25) is 5.91 Å². The molecule has 3 rings (SSSR count). The molecule has 0 saturated carbocycles. The number of likely N-dealkylation sites (N-methyl/N-ethyl adjacent to an activating group) is 1. The number of anilines is 2. The molecule has 218 valence electrons. The van der Waals surface area contributed by atoms with Gasteiger partial charge in [0.25, 0.3) is 15.9 Å². The normalized spacial score (nSPS) is 12.2. The van der Waals surface area contributed by atoms with Crippen molar-refractivity contribution in [3.8, 4) is 5.75 Å². The SMILES string of the molecule is CN(CC(=O)Nc1cccc(S(=O)(=O)N(c2cccc(Cl)c2)C(C(=O)O)C(C)(C)C)c1)C(=O)COc1ccccc1. The van der Waals surface area contributed by atoms with Gasteiger partial charge in [-0.05, 0) is 53.9 Å². The summed E-state index contributed by atoms with van der Waals surface area (Å²) in [4.78, 5) is 38.4. The zero-order valence-corrected chi connectivity index (χ0v) is 24.6.